The number of fused-ring (bicyclic) bond motifs is 1. The van der Waals surface area contributed by atoms with Crippen molar-refractivity contribution in [3.05, 3.63) is 70.4 Å². The molecule has 0 amide bonds. The van der Waals surface area contributed by atoms with Crippen molar-refractivity contribution in [2.45, 2.75) is 44.6 Å². The zero-order chi connectivity index (χ0) is 25.7. The summed E-state index contributed by atoms with van der Waals surface area (Å²) in [5.74, 6) is -0.323. The summed E-state index contributed by atoms with van der Waals surface area (Å²) in [7, 11) is 1.59. The van der Waals surface area contributed by atoms with Crippen molar-refractivity contribution in [2.24, 2.45) is 5.41 Å². The molecule has 8 heteroatoms. The lowest BCUT2D eigenvalue weighted by Gasteiger charge is -2.41. The van der Waals surface area contributed by atoms with Gasteiger partial charge in [-0.05, 0) is 93.9 Å². The molecule has 194 valence electrons. The number of piperidine rings is 1. The Morgan fingerprint density at radius 2 is 1.89 bits per heavy atom. The lowest BCUT2D eigenvalue weighted by atomic mass is 9.74. The van der Waals surface area contributed by atoms with Gasteiger partial charge in [-0.2, -0.15) is 0 Å². The quantitative estimate of drug-likeness (QED) is 0.360. The number of aromatic nitrogens is 1. The molecule has 1 saturated heterocycles. The number of aliphatic hydroxyl groups is 2. The molecular formula is C28H33ClF2N2O3. The van der Waals surface area contributed by atoms with Crippen LogP contribution in [0.5, 0.6) is 5.75 Å². The summed E-state index contributed by atoms with van der Waals surface area (Å²) in [5.41, 5.74) is 1.23. The number of rotatable bonds is 10. The van der Waals surface area contributed by atoms with Gasteiger partial charge in [0.25, 0.3) is 0 Å². The fourth-order valence-electron chi connectivity index (χ4n) is 5.21. The summed E-state index contributed by atoms with van der Waals surface area (Å²) in [5, 5.41) is 22.5. The van der Waals surface area contributed by atoms with Crippen molar-refractivity contribution in [1.29, 1.82) is 0 Å². The molecule has 0 aliphatic carbocycles. The summed E-state index contributed by atoms with van der Waals surface area (Å²) in [6, 6.07) is 9.46. The van der Waals surface area contributed by atoms with Crippen molar-refractivity contribution in [3.8, 4) is 5.75 Å². The molecule has 0 radical (unpaired) electrons. The van der Waals surface area contributed by atoms with Gasteiger partial charge in [0.1, 0.15) is 17.4 Å². The summed E-state index contributed by atoms with van der Waals surface area (Å²) in [4.78, 5) is 6.64. The zero-order valence-electron chi connectivity index (χ0n) is 20.5. The molecule has 0 unspecified atom stereocenters. The number of benzene rings is 2. The minimum Gasteiger partial charge on any atom is -0.497 e. The normalized spacial score (nSPS) is 16.8. The van der Waals surface area contributed by atoms with E-state index in [1.54, 1.807) is 13.3 Å². The van der Waals surface area contributed by atoms with E-state index in [1.807, 2.05) is 18.2 Å². The maximum absolute atomic E-state index is 13.9. The van der Waals surface area contributed by atoms with Crippen LogP contribution in [0.4, 0.5) is 8.78 Å². The molecule has 2 N–H and O–H groups in total. The van der Waals surface area contributed by atoms with E-state index in [4.69, 9.17) is 16.3 Å². The number of nitrogens with zero attached hydrogens (tertiary/aromatic N) is 2. The first-order valence-corrected chi connectivity index (χ1v) is 12.8. The molecule has 5 nitrogen and oxygen atoms in total. The van der Waals surface area contributed by atoms with Gasteiger partial charge in [-0.15, -0.1) is 0 Å². The molecule has 3 aromatic rings. The van der Waals surface area contributed by atoms with Crippen LogP contribution >= 0.6 is 11.6 Å². The molecule has 0 spiro atoms. The third-order valence-corrected chi connectivity index (χ3v) is 7.87. The number of halogens is 3. The van der Waals surface area contributed by atoms with Crippen molar-refractivity contribution in [1.82, 2.24) is 9.88 Å². The van der Waals surface area contributed by atoms with Gasteiger partial charge in [0.15, 0.2) is 0 Å². The average Bonchev–Trinajstić information content (AvgIpc) is 2.89. The molecule has 2 heterocycles. The first-order valence-electron chi connectivity index (χ1n) is 12.4. The van der Waals surface area contributed by atoms with Crippen LogP contribution in [-0.4, -0.2) is 53.4 Å². The van der Waals surface area contributed by atoms with E-state index in [9.17, 15) is 19.0 Å². The Morgan fingerprint density at radius 1 is 1.17 bits per heavy atom. The second-order valence-electron chi connectivity index (χ2n) is 9.76. The van der Waals surface area contributed by atoms with Gasteiger partial charge < -0.3 is 19.8 Å². The summed E-state index contributed by atoms with van der Waals surface area (Å²) in [6.07, 6.45) is 4.49. The van der Waals surface area contributed by atoms with Gasteiger partial charge in [-0.3, -0.25) is 4.98 Å². The molecular weight excluding hydrogens is 486 g/mol. The molecule has 1 aliphatic heterocycles. The minimum atomic E-state index is -0.799. The molecule has 1 atom stereocenters. The van der Waals surface area contributed by atoms with Crippen LogP contribution in [0.2, 0.25) is 5.02 Å². The Bertz CT molecular complexity index is 1160. The van der Waals surface area contributed by atoms with E-state index in [0.717, 1.165) is 43.4 Å². The molecule has 1 aromatic heterocycles. The van der Waals surface area contributed by atoms with Crippen LogP contribution in [0.3, 0.4) is 0 Å². The van der Waals surface area contributed by atoms with Gasteiger partial charge in [-0.25, -0.2) is 8.78 Å². The molecule has 2 aromatic carbocycles. The van der Waals surface area contributed by atoms with E-state index in [0.29, 0.717) is 42.0 Å². The number of ether oxygens (including phenoxy) is 1. The number of pyridine rings is 1. The first-order chi connectivity index (χ1) is 17.4. The van der Waals surface area contributed by atoms with Gasteiger partial charge >= 0.3 is 0 Å². The van der Waals surface area contributed by atoms with E-state index >= 15 is 0 Å². The molecule has 36 heavy (non-hydrogen) atoms. The number of hydrogen-bond acceptors (Lipinski definition) is 5. The largest absolute Gasteiger partial charge is 0.497 e. The monoisotopic (exact) mass is 518 g/mol. The van der Waals surface area contributed by atoms with Gasteiger partial charge in [0.05, 0.1) is 23.8 Å². The van der Waals surface area contributed by atoms with Gasteiger partial charge in [-0.1, -0.05) is 17.7 Å². The third kappa shape index (κ3) is 5.97. The highest BCUT2D eigenvalue weighted by Gasteiger charge is 2.34. The molecule has 0 bridgehead atoms. The second-order valence-corrected chi connectivity index (χ2v) is 10.2. The molecule has 0 saturated carbocycles. The van der Waals surface area contributed by atoms with Gasteiger partial charge in [0.2, 0.25) is 0 Å². The second kappa shape index (κ2) is 11.8. The number of likely N-dealkylation sites (tertiary alicyclic amines) is 1. The van der Waals surface area contributed by atoms with E-state index in [-0.39, 0.29) is 17.6 Å². The topological polar surface area (TPSA) is 65.8 Å². The minimum absolute atomic E-state index is 0.0483. The maximum Gasteiger partial charge on any atom is 0.129 e. The zero-order valence-corrected chi connectivity index (χ0v) is 21.3. The van der Waals surface area contributed by atoms with Crippen molar-refractivity contribution in [3.63, 3.8) is 0 Å². The van der Waals surface area contributed by atoms with Crippen LogP contribution in [0.15, 0.2) is 42.6 Å². The highest BCUT2D eigenvalue weighted by molar-refractivity contribution is 6.32. The predicted molar refractivity (Wildman–Crippen MR) is 137 cm³/mol. The first kappa shape index (κ1) is 26.7. The standard InChI is InChI=1S/C28H33ClF2N2O3/c1-36-19-7-8-25-21(16-19)27(22(29)17-32-25)26(35)9-10-28(18-34)11-14-33(15-12-28)13-3-4-20-23(30)5-2-6-24(20)31/h2,5-8,16-17,26,34-35H,3-4,9-15,18H2,1H3/t26-/m0/s1. The number of methoxy groups -OCH3 is 1. The number of aliphatic hydroxyl groups excluding tert-OH is 2. The van der Waals surface area contributed by atoms with Crippen molar-refractivity contribution in [2.75, 3.05) is 33.4 Å². The van der Waals surface area contributed by atoms with E-state index < -0.39 is 17.7 Å². The summed E-state index contributed by atoms with van der Waals surface area (Å²) < 4.78 is 33.1. The van der Waals surface area contributed by atoms with Crippen molar-refractivity contribution < 1.29 is 23.7 Å². The van der Waals surface area contributed by atoms with E-state index in [2.05, 4.69) is 9.88 Å². The Morgan fingerprint density at radius 3 is 2.56 bits per heavy atom. The highest BCUT2D eigenvalue weighted by Crippen LogP contribution is 2.40. The van der Waals surface area contributed by atoms with E-state index in [1.165, 1.54) is 18.2 Å². The van der Waals surface area contributed by atoms with Crippen molar-refractivity contribution >= 4 is 22.5 Å². The number of hydrogen-bond donors (Lipinski definition) is 2. The summed E-state index contributed by atoms with van der Waals surface area (Å²) in [6.45, 7) is 2.39. The third-order valence-electron chi connectivity index (χ3n) is 7.56. The fraction of sp³-hybridized carbons (Fsp3) is 0.464. The molecule has 4 rings (SSSR count). The smallest absolute Gasteiger partial charge is 0.129 e. The molecule has 1 aliphatic rings. The van der Waals surface area contributed by atoms with Crippen LogP contribution in [0, 0.1) is 17.0 Å². The lowest BCUT2D eigenvalue weighted by molar-refractivity contribution is 0.0234. The van der Waals surface area contributed by atoms with Crippen LogP contribution in [-0.2, 0) is 6.42 Å². The molecule has 1 fully saturated rings. The van der Waals surface area contributed by atoms with Crippen LogP contribution < -0.4 is 4.74 Å². The fourth-order valence-corrected chi connectivity index (χ4v) is 5.49. The Labute approximate surface area is 215 Å². The SMILES string of the molecule is COc1ccc2ncc(Cl)c([C@@H](O)CCC3(CO)CCN(CCCc4c(F)cccc4F)CC3)c2c1. The Kier molecular flexibility index (Phi) is 8.78. The summed E-state index contributed by atoms with van der Waals surface area (Å²) >= 11 is 6.45. The predicted octanol–water partition coefficient (Wildman–Crippen LogP) is 5.70. The highest BCUT2D eigenvalue weighted by atomic mass is 35.5. The average molecular weight is 519 g/mol. The van der Waals surface area contributed by atoms with Gasteiger partial charge in [0, 0.05) is 29.3 Å². The van der Waals surface area contributed by atoms with Crippen LogP contribution in [0.25, 0.3) is 10.9 Å². The maximum atomic E-state index is 13.9. The van der Waals surface area contributed by atoms with Crippen LogP contribution in [0.1, 0.15) is 49.3 Å². The Hall–Kier alpha value is -2.32. The lowest BCUT2D eigenvalue weighted by Crippen LogP contribution is -2.42. The Balaban J connectivity index is 1.34.